The molecule has 0 atom stereocenters. The molecule has 0 fully saturated rings. The van der Waals surface area contributed by atoms with Gasteiger partial charge in [-0.15, -0.1) is 11.3 Å². The van der Waals surface area contributed by atoms with Crippen LogP contribution in [-0.4, -0.2) is 9.97 Å². The van der Waals surface area contributed by atoms with E-state index in [0.717, 1.165) is 15.8 Å². The van der Waals surface area contributed by atoms with Gasteiger partial charge in [0, 0.05) is 5.02 Å². The number of halogens is 2. The molecule has 0 radical (unpaired) electrons. The van der Waals surface area contributed by atoms with E-state index in [1.807, 2.05) is 24.4 Å². The number of nitrogens with zero attached hydrogens (tertiary/aromatic N) is 2. The highest BCUT2D eigenvalue weighted by molar-refractivity contribution is 7.16. The normalized spacial score (nSPS) is 10.9. The van der Waals surface area contributed by atoms with Crippen LogP contribution in [0.4, 0.5) is 17.5 Å². The molecule has 3 rings (SSSR count). The van der Waals surface area contributed by atoms with Crippen molar-refractivity contribution in [1.82, 2.24) is 9.97 Å². The SMILES string of the molecule is Cc1cc(Cl)c(Nc2nc(N)nc3sccc23)cc1Cl. The number of hydrogen-bond acceptors (Lipinski definition) is 5. The number of thiophene rings is 1. The van der Waals surface area contributed by atoms with Gasteiger partial charge in [-0.2, -0.15) is 4.98 Å². The van der Waals surface area contributed by atoms with E-state index in [9.17, 15) is 0 Å². The molecule has 0 saturated carbocycles. The molecule has 0 spiro atoms. The molecule has 1 aromatic carbocycles. The minimum Gasteiger partial charge on any atom is -0.368 e. The molecule has 0 saturated heterocycles. The molecular formula is C13H10Cl2N4S. The van der Waals surface area contributed by atoms with Gasteiger partial charge >= 0.3 is 0 Å². The summed E-state index contributed by atoms with van der Waals surface area (Å²) >= 11 is 13.9. The van der Waals surface area contributed by atoms with Crippen LogP contribution in [-0.2, 0) is 0 Å². The Bertz CT molecular complexity index is 800. The number of hydrogen-bond donors (Lipinski definition) is 2. The predicted octanol–water partition coefficient (Wildman–Crippen LogP) is 4.63. The third kappa shape index (κ3) is 2.40. The Kier molecular flexibility index (Phi) is 3.41. The molecule has 0 aliphatic heterocycles. The number of benzene rings is 1. The van der Waals surface area contributed by atoms with Gasteiger partial charge in [0.2, 0.25) is 5.95 Å². The van der Waals surface area contributed by atoms with E-state index in [1.54, 1.807) is 6.07 Å². The Balaban J connectivity index is 2.09. The molecule has 102 valence electrons. The molecule has 4 nitrogen and oxygen atoms in total. The molecule has 0 unspecified atom stereocenters. The fraction of sp³-hybridized carbons (Fsp3) is 0.0769. The molecule has 0 amide bonds. The summed E-state index contributed by atoms with van der Waals surface area (Å²) in [5, 5.41) is 7.22. The van der Waals surface area contributed by atoms with E-state index in [4.69, 9.17) is 28.9 Å². The summed E-state index contributed by atoms with van der Waals surface area (Å²) in [6.07, 6.45) is 0. The molecular weight excluding hydrogens is 315 g/mol. The van der Waals surface area contributed by atoms with Gasteiger partial charge in [-0.3, -0.25) is 0 Å². The van der Waals surface area contributed by atoms with E-state index in [0.29, 0.717) is 21.6 Å². The summed E-state index contributed by atoms with van der Waals surface area (Å²) in [5.41, 5.74) is 7.32. The van der Waals surface area contributed by atoms with Crippen molar-refractivity contribution in [2.45, 2.75) is 6.92 Å². The Morgan fingerprint density at radius 3 is 2.80 bits per heavy atom. The largest absolute Gasteiger partial charge is 0.368 e. The summed E-state index contributed by atoms with van der Waals surface area (Å²) in [6, 6.07) is 5.52. The van der Waals surface area contributed by atoms with Crippen molar-refractivity contribution >= 4 is 62.2 Å². The molecule has 7 heteroatoms. The number of aryl methyl sites for hydroxylation is 1. The second kappa shape index (κ2) is 5.09. The lowest BCUT2D eigenvalue weighted by Crippen LogP contribution is -2.00. The summed E-state index contributed by atoms with van der Waals surface area (Å²) in [6.45, 7) is 1.90. The molecule has 0 aliphatic rings. The van der Waals surface area contributed by atoms with Crippen LogP contribution in [0.2, 0.25) is 10.0 Å². The molecule has 20 heavy (non-hydrogen) atoms. The van der Waals surface area contributed by atoms with Gasteiger partial charge < -0.3 is 11.1 Å². The predicted molar refractivity (Wildman–Crippen MR) is 86.3 cm³/mol. The van der Waals surface area contributed by atoms with Crippen molar-refractivity contribution in [3.63, 3.8) is 0 Å². The molecule has 3 N–H and O–H groups in total. The third-order valence-electron chi connectivity index (χ3n) is 2.84. The monoisotopic (exact) mass is 324 g/mol. The average molecular weight is 325 g/mol. The molecule has 3 aromatic rings. The van der Waals surface area contributed by atoms with Crippen molar-refractivity contribution in [3.8, 4) is 0 Å². The summed E-state index contributed by atoms with van der Waals surface area (Å²) in [7, 11) is 0. The Labute approximate surface area is 129 Å². The van der Waals surface area contributed by atoms with Gasteiger partial charge in [-0.05, 0) is 36.1 Å². The fourth-order valence-electron chi connectivity index (χ4n) is 1.84. The summed E-state index contributed by atoms with van der Waals surface area (Å²) < 4.78 is 0. The minimum absolute atomic E-state index is 0.219. The number of anilines is 3. The highest BCUT2D eigenvalue weighted by Gasteiger charge is 2.10. The van der Waals surface area contributed by atoms with E-state index in [-0.39, 0.29) is 5.95 Å². The first-order valence-corrected chi connectivity index (χ1v) is 7.41. The maximum absolute atomic E-state index is 6.22. The lowest BCUT2D eigenvalue weighted by molar-refractivity contribution is 1.24. The third-order valence-corrected chi connectivity index (χ3v) is 4.37. The van der Waals surface area contributed by atoms with Crippen molar-refractivity contribution in [2.24, 2.45) is 0 Å². The number of rotatable bonds is 2. The number of fused-ring (bicyclic) bond motifs is 1. The van der Waals surface area contributed by atoms with Crippen LogP contribution in [0, 0.1) is 6.92 Å². The highest BCUT2D eigenvalue weighted by atomic mass is 35.5. The molecule has 0 aliphatic carbocycles. The Hall–Kier alpha value is -1.56. The van der Waals surface area contributed by atoms with Gasteiger partial charge in [-0.25, -0.2) is 4.98 Å². The highest BCUT2D eigenvalue weighted by Crippen LogP contribution is 2.33. The van der Waals surface area contributed by atoms with Crippen LogP contribution < -0.4 is 11.1 Å². The van der Waals surface area contributed by atoms with Crippen molar-refractivity contribution in [3.05, 3.63) is 39.2 Å². The van der Waals surface area contributed by atoms with Gasteiger partial charge in [0.05, 0.1) is 16.1 Å². The van der Waals surface area contributed by atoms with Crippen LogP contribution in [0.5, 0.6) is 0 Å². The first-order valence-electron chi connectivity index (χ1n) is 5.78. The van der Waals surface area contributed by atoms with Crippen LogP contribution in [0.3, 0.4) is 0 Å². The quantitative estimate of drug-likeness (QED) is 0.721. The van der Waals surface area contributed by atoms with E-state index < -0.39 is 0 Å². The second-order valence-electron chi connectivity index (χ2n) is 4.28. The van der Waals surface area contributed by atoms with Crippen LogP contribution in [0.15, 0.2) is 23.6 Å². The zero-order valence-electron chi connectivity index (χ0n) is 10.4. The lowest BCUT2D eigenvalue weighted by Gasteiger charge is -2.11. The number of nitrogens with one attached hydrogen (secondary N) is 1. The first-order chi connectivity index (χ1) is 9.54. The maximum atomic E-state index is 6.22. The topological polar surface area (TPSA) is 63.8 Å². The Morgan fingerprint density at radius 2 is 2.00 bits per heavy atom. The van der Waals surface area contributed by atoms with Gasteiger partial charge in [0.25, 0.3) is 0 Å². The summed E-state index contributed by atoms with van der Waals surface area (Å²) in [4.78, 5) is 9.23. The van der Waals surface area contributed by atoms with Crippen molar-refractivity contribution < 1.29 is 0 Å². The zero-order valence-corrected chi connectivity index (χ0v) is 12.8. The maximum Gasteiger partial charge on any atom is 0.223 e. The number of nitrogen functional groups attached to an aromatic ring is 1. The molecule has 0 bridgehead atoms. The summed E-state index contributed by atoms with van der Waals surface area (Å²) in [5.74, 6) is 0.840. The standard InChI is InChI=1S/C13H10Cl2N4S/c1-6-4-9(15)10(5-8(6)14)17-11-7-2-3-20-12(7)19-13(16)18-11/h2-5H,1H3,(H3,16,17,18,19). The van der Waals surface area contributed by atoms with Crippen molar-refractivity contribution in [1.29, 1.82) is 0 Å². The van der Waals surface area contributed by atoms with Gasteiger partial charge in [-0.1, -0.05) is 23.2 Å². The fourth-order valence-corrected chi connectivity index (χ4v) is 3.04. The van der Waals surface area contributed by atoms with E-state index in [1.165, 1.54) is 11.3 Å². The van der Waals surface area contributed by atoms with E-state index in [2.05, 4.69) is 15.3 Å². The van der Waals surface area contributed by atoms with E-state index >= 15 is 0 Å². The lowest BCUT2D eigenvalue weighted by atomic mass is 10.2. The van der Waals surface area contributed by atoms with Crippen LogP contribution >= 0.6 is 34.5 Å². The van der Waals surface area contributed by atoms with Crippen LogP contribution in [0.25, 0.3) is 10.2 Å². The number of aromatic nitrogens is 2. The van der Waals surface area contributed by atoms with Gasteiger partial charge in [0.15, 0.2) is 0 Å². The molecule has 2 heterocycles. The van der Waals surface area contributed by atoms with Crippen LogP contribution in [0.1, 0.15) is 5.56 Å². The first kappa shape index (κ1) is 13.4. The number of nitrogens with two attached hydrogens (primary N) is 1. The zero-order chi connectivity index (χ0) is 14.3. The average Bonchev–Trinajstić information content (AvgIpc) is 2.84. The second-order valence-corrected chi connectivity index (χ2v) is 5.99. The van der Waals surface area contributed by atoms with Gasteiger partial charge in [0.1, 0.15) is 10.6 Å². The Morgan fingerprint density at radius 1 is 1.20 bits per heavy atom. The van der Waals surface area contributed by atoms with Crippen molar-refractivity contribution in [2.75, 3.05) is 11.1 Å². The minimum atomic E-state index is 0.219. The molecule has 2 aromatic heterocycles. The smallest absolute Gasteiger partial charge is 0.223 e.